The lowest BCUT2D eigenvalue weighted by molar-refractivity contribution is 0.0745. The molecule has 1 aromatic heterocycles. The zero-order chi connectivity index (χ0) is 19.5. The first kappa shape index (κ1) is 18.2. The van der Waals surface area contributed by atoms with Crippen LogP contribution in [-0.4, -0.2) is 27.1 Å². The number of carbonyl (C=O) groups is 1. The predicted octanol–water partition coefficient (Wildman–Crippen LogP) is 3.96. The molecule has 0 N–H and O–H groups in total. The molecule has 1 amide bonds. The second-order valence-corrected chi connectivity index (χ2v) is 7.06. The quantitative estimate of drug-likeness (QED) is 0.689. The van der Waals surface area contributed by atoms with E-state index in [0.717, 1.165) is 29.8 Å². The molecule has 144 valence electrons. The van der Waals surface area contributed by atoms with Gasteiger partial charge in [0.1, 0.15) is 12.4 Å². The van der Waals surface area contributed by atoms with Gasteiger partial charge in [0.25, 0.3) is 5.91 Å². The molecule has 0 aliphatic carbocycles. The molecule has 0 atom stereocenters. The molecule has 28 heavy (non-hydrogen) atoms. The fourth-order valence-electron chi connectivity index (χ4n) is 3.34. The number of halogens is 1. The zero-order valence-electron chi connectivity index (χ0n) is 15.8. The Morgan fingerprint density at radius 3 is 2.75 bits per heavy atom. The number of rotatable bonds is 4. The number of hydrogen-bond donors (Lipinski definition) is 0. The van der Waals surface area contributed by atoms with E-state index >= 15 is 0 Å². The van der Waals surface area contributed by atoms with Crippen molar-refractivity contribution in [2.24, 2.45) is 0 Å². The van der Waals surface area contributed by atoms with Crippen molar-refractivity contribution in [2.75, 3.05) is 6.54 Å². The summed E-state index contributed by atoms with van der Waals surface area (Å²) in [5.41, 5.74) is 3.51. The van der Waals surface area contributed by atoms with E-state index in [2.05, 4.69) is 5.10 Å². The van der Waals surface area contributed by atoms with E-state index in [1.165, 1.54) is 12.1 Å². The molecular formula is C22H22FN3O2. The first-order valence-electron chi connectivity index (χ1n) is 9.38. The van der Waals surface area contributed by atoms with Crippen molar-refractivity contribution in [1.29, 1.82) is 0 Å². The van der Waals surface area contributed by atoms with Crippen LogP contribution in [0.25, 0.3) is 0 Å². The SMILES string of the molecule is Cc1ccc(C(=O)N2CCCn3nc(OCc4cccc(F)c4)cc3C2)cc1. The zero-order valence-corrected chi connectivity index (χ0v) is 15.8. The van der Waals surface area contributed by atoms with E-state index in [1.54, 1.807) is 6.07 Å². The fraction of sp³-hybridized carbons (Fsp3) is 0.273. The summed E-state index contributed by atoms with van der Waals surface area (Å²) < 4.78 is 20.9. The number of aromatic nitrogens is 2. The standard InChI is InChI=1S/C22H22FN3O2/c1-16-6-8-18(9-7-16)22(27)25-10-3-11-26-20(14-25)13-21(24-26)28-15-17-4-2-5-19(23)12-17/h2,4-9,12-13H,3,10-11,14-15H2,1H3. The van der Waals surface area contributed by atoms with Gasteiger partial charge in [-0.1, -0.05) is 29.8 Å². The first-order chi connectivity index (χ1) is 13.6. The number of fused-ring (bicyclic) bond motifs is 1. The van der Waals surface area contributed by atoms with Crippen LogP contribution in [-0.2, 0) is 19.7 Å². The number of aryl methyl sites for hydroxylation is 2. The highest BCUT2D eigenvalue weighted by molar-refractivity contribution is 5.94. The summed E-state index contributed by atoms with van der Waals surface area (Å²) in [4.78, 5) is 14.7. The molecule has 0 spiro atoms. The lowest BCUT2D eigenvalue weighted by Crippen LogP contribution is -2.30. The minimum absolute atomic E-state index is 0.0249. The summed E-state index contributed by atoms with van der Waals surface area (Å²) in [7, 11) is 0. The molecule has 0 unspecified atom stereocenters. The Kier molecular flexibility index (Phi) is 5.10. The summed E-state index contributed by atoms with van der Waals surface area (Å²) in [6.07, 6.45) is 0.829. The maximum atomic E-state index is 13.3. The van der Waals surface area contributed by atoms with Gasteiger partial charge in [-0.3, -0.25) is 9.48 Å². The molecule has 0 bridgehead atoms. The highest BCUT2D eigenvalue weighted by Crippen LogP contribution is 2.20. The molecule has 2 heterocycles. The summed E-state index contributed by atoms with van der Waals surface area (Å²) in [6.45, 7) is 4.17. The molecule has 0 saturated carbocycles. The summed E-state index contributed by atoms with van der Waals surface area (Å²) in [5.74, 6) is 0.229. The van der Waals surface area contributed by atoms with Crippen LogP contribution in [0.3, 0.4) is 0 Å². The van der Waals surface area contributed by atoms with Crippen molar-refractivity contribution in [3.05, 3.63) is 82.8 Å². The molecule has 1 aliphatic rings. The van der Waals surface area contributed by atoms with Gasteiger partial charge in [-0.2, -0.15) is 0 Å². The summed E-state index contributed by atoms with van der Waals surface area (Å²) >= 11 is 0. The van der Waals surface area contributed by atoms with Crippen molar-refractivity contribution < 1.29 is 13.9 Å². The van der Waals surface area contributed by atoms with Gasteiger partial charge >= 0.3 is 0 Å². The predicted molar refractivity (Wildman–Crippen MR) is 103 cm³/mol. The van der Waals surface area contributed by atoms with Gasteiger partial charge < -0.3 is 9.64 Å². The van der Waals surface area contributed by atoms with Crippen LogP contribution in [0.5, 0.6) is 5.88 Å². The summed E-state index contributed by atoms with van der Waals surface area (Å²) in [6, 6.07) is 15.8. The Balaban J connectivity index is 1.46. The topological polar surface area (TPSA) is 47.4 Å². The van der Waals surface area contributed by atoms with Crippen LogP contribution in [0, 0.1) is 12.7 Å². The maximum absolute atomic E-state index is 13.3. The third kappa shape index (κ3) is 4.06. The Bertz CT molecular complexity index is 982. The van der Waals surface area contributed by atoms with Crippen molar-refractivity contribution in [3.63, 3.8) is 0 Å². The Morgan fingerprint density at radius 1 is 1.14 bits per heavy atom. The second-order valence-electron chi connectivity index (χ2n) is 7.06. The monoisotopic (exact) mass is 379 g/mol. The van der Waals surface area contributed by atoms with Crippen molar-refractivity contribution in [1.82, 2.24) is 14.7 Å². The molecule has 4 rings (SSSR count). The second kappa shape index (κ2) is 7.84. The molecule has 1 aliphatic heterocycles. The minimum Gasteiger partial charge on any atom is -0.472 e. The van der Waals surface area contributed by atoms with E-state index in [4.69, 9.17) is 4.74 Å². The number of carbonyl (C=O) groups excluding carboxylic acids is 1. The van der Waals surface area contributed by atoms with Gasteiger partial charge in [0.2, 0.25) is 5.88 Å². The number of nitrogens with zero attached hydrogens (tertiary/aromatic N) is 3. The smallest absolute Gasteiger partial charge is 0.254 e. The Labute approximate surface area is 163 Å². The van der Waals surface area contributed by atoms with E-state index in [9.17, 15) is 9.18 Å². The van der Waals surface area contributed by atoms with Gasteiger partial charge in [-0.05, 0) is 43.2 Å². The van der Waals surface area contributed by atoms with Gasteiger partial charge in [-0.15, -0.1) is 5.10 Å². The lowest BCUT2D eigenvalue weighted by Gasteiger charge is -2.20. The van der Waals surface area contributed by atoms with Gasteiger partial charge in [0.05, 0.1) is 12.2 Å². The van der Waals surface area contributed by atoms with Crippen LogP contribution in [0.1, 0.15) is 33.6 Å². The molecule has 0 radical (unpaired) electrons. The number of amides is 1. The number of ether oxygens (including phenoxy) is 1. The maximum Gasteiger partial charge on any atom is 0.254 e. The molecule has 3 aromatic rings. The van der Waals surface area contributed by atoms with Gasteiger partial charge in [0, 0.05) is 24.7 Å². The summed E-state index contributed by atoms with van der Waals surface area (Å²) in [5, 5.41) is 4.49. The average molecular weight is 379 g/mol. The van der Waals surface area contributed by atoms with Crippen LogP contribution in [0.2, 0.25) is 0 Å². The van der Waals surface area contributed by atoms with Gasteiger partial charge in [-0.25, -0.2) is 4.39 Å². The number of hydrogen-bond acceptors (Lipinski definition) is 3. The van der Waals surface area contributed by atoms with E-state index in [-0.39, 0.29) is 18.3 Å². The normalized spacial score (nSPS) is 13.7. The molecule has 2 aromatic carbocycles. The van der Waals surface area contributed by atoms with Crippen molar-refractivity contribution in [2.45, 2.75) is 33.0 Å². The molecule has 0 fully saturated rings. The van der Waals surface area contributed by atoms with Crippen molar-refractivity contribution in [3.8, 4) is 5.88 Å². The van der Waals surface area contributed by atoms with Crippen molar-refractivity contribution >= 4 is 5.91 Å². The minimum atomic E-state index is -0.285. The fourth-order valence-corrected chi connectivity index (χ4v) is 3.34. The third-order valence-electron chi connectivity index (χ3n) is 4.85. The third-order valence-corrected chi connectivity index (χ3v) is 4.85. The highest BCUT2D eigenvalue weighted by atomic mass is 19.1. The van der Waals surface area contributed by atoms with Crippen LogP contribution < -0.4 is 4.74 Å². The largest absolute Gasteiger partial charge is 0.472 e. The molecule has 6 heteroatoms. The highest BCUT2D eigenvalue weighted by Gasteiger charge is 2.22. The lowest BCUT2D eigenvalue weighted by atomic mass is 10.1. The van der Waals surface area contributed by atoms with Crippen LogP contribution in [0.4, 0.5) is 4.39 Å². The Hall–Kier alpha value is -3.15. The van der Waals surface area contributed by atoms with E-state index in [0.29, 0.717) is 24.5 Å². The van der Waals surface area contributed by atoms with E-state index < -0.39 is 0 Å². The molecule has 0 saturated heterocycles. The first-order valence-corrected chi connectivity index (χ1v) is 9.38. The Morgan fingerprint density at radius 2 is 1.96 bits per heavy atom. The molecular weight excluding hydrogens is 357 g/mol. The van der Waals surface area contributed by atoms with Crippen LogP contribution >= 0.6 is 0 Å². The van der Waals surface area contributed by atoms with E-state index in [1.807, 2.05) is 52.9 Å². The molecule has 5 nitrogen and oxygen atoms in total. The van der Waals surface area contributed by atoms with Gasteiger partial charge in [0.15, 0.2) is 0 Å². The van der Waals surface area contributed by atoms with Crippen LogP contribution in [0.15, 0.2) is 54.6 Å². The number of benzene rings is 2. The average Bonchev–Trinajstić information content (AvgIpc) is 2.96.